The molecule has 0 aliphatic rings. The zero-order valence-corrected chi connectivity index (χ0v) is 16.9. The Hall–Kier alpha value is -3.56. The van der Waals surface area contributed by atoms with Gasteiger partial charge in [0.2, 0.25) is 5.88 Å². The topological polar surface area (TPSA) is 76.4 Å². The van der Waals surface area contributed by atoms with E-state index in [4.69, 9.17) is 4.74 Å². The number of benzene rings is 1. The first-order chi connectivity index (χ1) is 14.9. The summed E-state index contributed by atoms with van der Waals surface area (Å²) in [5.74, 6) is 0.471. The van der Waals surface area contributed by atoms with Gasteiger partial charge in [-0.1, -0.05) is 18.2 Å². The number of nitrogens with one attached hydrogen (secondary N) is 2. The molecule has 0 spiro atoms. The second kappa shape index (κ2) is 10.5. The molecular formula is C21H23F3N6O. The van der Waals surface area contributed by atoms with Crippen LogP contribution in [0.1, 0.15) is 11.1 Å². The van der Waals surface area contributed by atoms with Crippen molar-refractivity contribution < 1.29 is 17.9 Å². The molecule has 31 heavy (non-hydrogen) atoms. The molecule has 2 heterocycles. The summed E-state index contributed by atoms with van der Waals surface area (Å²) in [5, 5.41) is 10.4. The minimum Gasteiger partial charge on any atom is -0.468 e. The number of hydrogen-bond acceptors (Lipinski definition) is 4. The minimum absolute atomic E-state index is 0.0555. The Kier molecular flexibility index (Phi) is 7.47. The van der Waals surface area contributed by atoms with Gasteiger partial charge in [0.25, 0.3) is 0 Å². The molecule has 0 saturated carbocycles. The van der Waals surface area contributed by atoms with Crippen LogP contribution < -0.4 is 15.4 Å². The van der Waals surface area contributed by atoms with Crippen LogP contribution in [0, 0.1) is 0 Å². The van der Waals surface area contributed by atoms with Gasteiger partial charge in [0.15, 0.2) is 12.6 Å². The predicted molar refractivity (Wildman–Crippen MR) is 111 cm³/mol. The molecule has 2 aromatic heterocycles. The lowest BCUT2D eigenvalue weighted by molar-refractivity contribution is -0.154. The number of alkyl halides is 3. The summed E-state index contributed by atoms with van der Waals surface area (Å²) in [6.07, 6.45) is 1.35. The highest BCUT2D eigenvalue weighted by atomic mass is 19.4. The summed E-state index contributed by atoms with van der Waals surface area (Å²) in [6.45, 7) is -0.534. The number of ether oxygens (including phenoxy) is 1. The number of halogens is 3. The molecule has 3 aromatic rings. The van der Waals surface area contributed by atoms with Gasteiger partial charge in [0, 0.05) is 44.3 Å². The molecule has 0 unspecified atom stereocenters. The fourth-order valence-corrected chi connectivity index (χ4v) is 2.80. The van der Waals surface area contributed by atoms with Crippen LogP contribution in [0.15, 0.2) is 66.0 Å². The number of nitrogens with zero attached hydrogens (tertiary/aromatic N) is 4. The van der Waals surface area contributed by atoms with E-state index in [1.807, 2.05) is 36.5 Å². The van der Waals surface area contributed by atoms with Crippen molar-refractivity contribution in [3.8, 4) is 11.6 Å². The molecule has 0 amide bonds. The zero-order chi connectivity index (χ0) is 22.1. The SMILES string of the molecule is CN=C(NCCc1ccc(-n2cccn2)cc1)NCc1cccnc1OCC(F)(F)F. The van der Waals surface area contributed by atoms with E-state index in [1.165, 1.54) is 6.20 Å². The lowest BCUT2D eigenvalue weighted by atomic mass is 10.1. The van der Waals surface area contributed by atoms with Gasteiger partial charge in [0.1, 0.15) is 0 Å². The quantitative estimate of drug-likeness (QED) is 0.423. The molecule has 1 aromatic carbocycles. The van der Waals surface area contributed by atoms with Crippen molar-refractivity contribution in [3.63, 3.8) is 0 Å². The Morgan fingerprint density at radius 3 is 2.58 bits per heavy atom. The van der Waals surface area contributed by atoms with Crippen molar-refractivity contribution >= 4 is 5.96 Å². The van der Waals surface area contributed by atoms with Crippen molar-refractivity contribution in [1.82, 2.24) is 25.4 Å². The Morgan fingerprint density at radius 2 is 1.90 bits per heavy atom. The molecule has 0 atom stereocenters. The monoisotopic (exact) mass is 432 g/mol. The van der Waals surface area contributed by atoms with Crippen LogP contribution in [-0.2, 0) is 13.0 Å². The van der Waals surface area contributed by atoms with Gasteiger partial charge in [-0.3, -0.25) is 4.99 Å². The van der Waals surface area contributed by atoms with Gasteiger partial charge >= 0.3 is 6.18 Å². The predicted octanol–water partition coefficient (Wildman–Crippen LogP) is 3.12. The highest BCUT2D eigenvalue weighted by molar-refractivity contribution is 5.79. The summed E-state index contributed by atoms with van der Waals surface area (Å²) >= 11 is 0. The van der Waals surface area contributed by atoms with E-state index in [0.717, 1.165) is 17.7 Å². The fourth-order valence-electron chi connectivity index (χ4n) is 2.80. The van der Waals surface area contributed by atoms with Crippen molar-refractivity contribution in [2.45, 2.75) is 19.1 Å². The normalized spacial score (nSPS) is 11.9. The maximum Gasteiger partial charge on any atom is 0.422 e. The third-order valence-corrected chi connectivity index (χ3v) is 4.30. The van der Waals surface area contributed by atoms with Gasteiger partial charge in [-0.05, 0) is 36.2 Å². The molecule has 3 rings (SSSR count). The second-order valence-electron chi connectivity index (χ2n) is 6.59. The molecule has 0 aliphatic carbocycles. The number of aromatic nitrogens is 3. The van der Waals surface area contributed by atoms with Gasteiger partial charge < -0.3 is 15.4 Å². The van der Waals surface area contributed by atoms with Gasteiger partial charge in [-0.25, -0.2) is 9.67 Å². The largest absolute Gasteiger partial charge is 0.468 e. The molecule has 2 N–H and O–H groups in total. The average Bonchev–Trinajstić information content (AvgIpc) is 3.30. The average molecular weight is 432 g/mol. The number of guanidine groups is 1. The first kappa shape index (κ1) is 22.1. The van der Waals surface area contributed by atoms with Crippen LogP contribution in [0.3, 0.4) is 0 Å². The maximum atomic E-state index is 12.4. The summed E-state index contributed by atoms with van der Waals surface area (Å²) in [6, 6.07) is 13.2. The third kappa shape index (κ3) is 7.02. The Morgan fingerprint density at radius 1 is 1.10 bits per heavy atom. The van der Waals surface area contributed by atoms with Crippen LogP contribution in [0.5, 0.6) is 5.88 Å². The molecule has 10 heteroatoms. The summed E-state index contributed by atoms with van der Waals surface area (Å²) < 4.78 is 43.8. The van der Waals surface area contributed by atoms with Crippen LogP contribution >= 0.6 is 0 Å². The van der Waals surface area contributed by atoms with E-state index in [0.29, 0.717) is 18.1 Å². The van der Waals surface area contributed by atoms with Crippen LogP contribution in [0.25, 0.3) is 5.69 Å². The number of aliphatic imine (C=N–C) groups is 1. The molecule has 0 fully saturated rings. The van der Waals surface area contributed by atoms with E-state index in [1.54, 1.807) is 30.1 Å². The molecule has 0 aliphatic heterocycles. The van der Waals surface area contributed by atoms with Crippen molar-refractivity contribution in [3.05, 3.63) is 72.2 Å². The van der Waals surface area contributed by atoms with Gasteiger partial charge in [-0.2, -0.15) is 18.3 Å². The molecule has 164 valence electrons. The van der Waals surface area contributed by atoms with E-state index in [9.17, 15) is 13.2 Å². The van der Waals surface area contributed by atoms with Crippen LogP contribution in [-0.4, -0.2) is 47.1 Å². The highest BCUT2D eigenvalue weighted by Gasteiger charge is 2.29. The summed E-state index contributed by atoms with van der Waals surface area (Å²) in [5.41, 5.74) is 2.64. The molecule has 0 saturated heterocycles. The fraction of sp³-hybridized carbons (Fsp3) is 0.286. The van der Waals surface area contributed by atoms with E-state index in [-0.39, 0.29) is 12.4 Å². The van der Waals surface area contributed by atoms with Crippen molar-refractivity contribution in [2.75, 3.05) is 20.2 Å². The third-order valence-electron chi connectivity index (χ3n) is 4.30. The Labute approximate surface area is 178 Å². The van der Waals surface area contributed by atoms with Crippen LogP contribution in [0.4, 0.5) is 13.2 Å². The van der Waals surface area contributed by atoms with Gasteiger partial charge in [0.05, 0.1) is 5.69 Å². The van der Waals surface area contributed by atoms with Crippen molar-refractivity contribution in [2.24, 2.45) is 4.99 Å². The minimum atomic E-state index is -4.42. The lowest BCUT2D eigenvalue weighted by Crippen LogP contribution is -2.38. The first-order valence-electron chi connectivity index (χ1n) is 9.61. The summed E-state index contributed by atoms with van der Waals surface area (Å²) in [4.78, 5) is 8.02. The smallest absolute Gasteiger partial charge is 0.422 e. The van der Waals surface area contributed by atoms with Crippen LogP contribution in [0.2, 0.25) is 0 Å². The highest BCUT2D eigenvalue weighted by Crippen LogP contribution is 2.19. The first-order valence-corrected chi connectivity index (χ1v) is 9.61. The number of rotatable bonds is 8. The maximum absolute atomic E-state index is 12.4. The Balaban J connectivity index is 1.47. The summed E-state index contributed by atoms with van der Waals surface area (Å²) in [7, 11) is 1.62. The molecule has 0 bridgehead atoms. The van der Waals surface area contributed by atoms with Gasteiger partial charge in [-0.15, -0.1) is 0 Å². The second-order valence-corrected chi connectivity index (χ2v) is 6.59. The molecule has 7 nitrogen and oxygen atoms in total. The lowest BCUT2D eigenvalue weighted by Gasteiger charge is -2.15. The van der Waals surface area contributed by atoms with E-state index < -0.39 is 12.8 Å². The molecular weight excluding hydrogens is 409 g/mol. The number of hydrogen-bond donors (Lipinski definition) is 2. The molecule has 0 radical (unpaired) electrons. The van der Waals surface area contributed by atoms with E-state index >= 15 is 0 Å². The Bertz CT molecular complexity index is 972. The van der Waals surface area contributed by atoms with Crippen molar-refractivity contribution in [1.29, 1.82) is 0 Å². The number of pyridine rings is 1. The standard InChI is InChI=1S/C21H23F3N6O/c1-25-20(28-14-17-4-2-10-26-19(17)31-15-21(22,23)24)27-12-9-16-5-7-18(8-6-16)30-13-3-11-29-30/h2-8,10-11,13H,9,12,14-15H2,1H3,(H2,25,27,28). The van der Waals surface area contributed by atoms with E-state index in [2.05, 4.69) is 25.7 Å². The zero-order valence-electron chi connectivity index (χ0n) is 16.9.